The van der Waals surface area contributed by atoms with E-state index in [1.165, 1.54) is 34.9 Å². The molecule has 160 valence electrons. The number of pyridine rings is 1. The van der Waals surface area contributed by atoms with Crippen molar-refractivity contribution in [2.24, 2.45) is 0 Å². The molecule has 0 spiro atoms. The predicted octanol–water partition coefficient (Wildman–Crippen LogP) is 3.33. The van der Waals surface area contributed by atoms with E-state index < -0.39 is 0 Å². The molecule has 31 heavy (non-hydrogen) atoms. The summed E-state index contributed by atoms with van der Waals surface area (Å²) in [4.78, 5) is 12.9. The summed E-state index contributed by atoms with van der Waals surface area (Å²) in [5.41, 5.74) is 6.83. The van der Waals surface area contributed by atoms with Crippen LogP contribution in [-0.4, -0.2) is 71.4 Å². The Morgan fingerprint density at radius 2 is 1.77 bits per heavy atom. The molecule has 1 aromatic carbocycles. The van der Waals surface area contributed by atoms with E-state index in [-0.39, 0.29) is 0 Å². The van der Waals surface area contributed by atoms with Gasteiger partial charge in [0.1, 0.15) is 5.69 Å². The first-order valence-electron chi connectivity index (χ1n) is 11.4. The van der Waals surface area contributed by atoms with Crippen LogP contribution in [0.1, 0.15) is 24.3 Å². The van der Waals surface area contributed by atoms with E-state index in [0.29, 0.717) is 5.92 Å². The second-order valence-corrected chi connectivity index (χ2v) is 8.99. The van der Waals surface area contributed by atoms with Crippen LogP contribution in [0.5, 0.6) is 0 Å². The van der Waals surface area contributed by atoms with Crippen molar-refractivity contribution in [2.45, 2.75) is 18.8 Å². The average molecular weight is 416 g/mol. The molecule has 4 aromatic rings. The zero-order valence-electron chi connectivity index (χ0n) is 18.0. The quantitative estimate of drug-likeness (QED) is 0.479. The number of aromatic nitrogens is 4. The summed E-state index contributed by atoms with van der Waals surface area (Å²) in [6.45, 7) is 6.43. The highest BCUT2D eigenvalue weighted by molar-refractivity contribution is 5.99. The summed E-state index contributed by atoms with van der Waals surface area (Å²) in [7, 11) is 2.19. The molecule has 6 rings (SSSR count). The van der Waals surface area contributed by atoms with E-state index in [2.05, 4.69) is 66.6 Å². The van der Waals surface area contributed by atoms with E-state index in [1.54, 1.807) is 0 Å². The maximum atomic E-state index is 4.69. The number of piperazine rings is 1. The smallest absolute Gasteiger partial charge is 0.116 e. The predicted molar refractivity (Wildman–Crippen MR) is 126 cm³/mol. The number of likely N-dealkylation sites (N-methyl/N-ethyl adjacent to an activating group) is 1. The molecular weight excluding hydrogens is 386 g/mol. The summed E-state index contributed by atoms with van der Waals surface area (Å²) in [5.74, 6) is 0.629. The molecule has 2 aliphatic heterocycles. The molecule has 7 nitrogen and oxygen atoms in total. The van der Waals surface area contributed by atoms with Crippen LogP contribution in [0, 0.1) is 0 Å². The Morgan fingerprint density at radius 1 is 0.935 bits per heavy atom. The van der Waals surface area contributed by atoms with E-state index in [4.69, 9.17) is 0 Å². The Labute approximate surface area is 181 Å². The molecular formula is C24H29N7. The molecule has 0 bridgehead atoms. The lowest BCUT2D eigenvalue weighted by Crippen LogP contribution is -2.44. The van der Waals surface area contributed by atoms with E-state index in [9.17, 15) is 0 Å². The van der Waals surface area contributed by atoms with E-state index in [0.717, 1.165) is 61.7 Å². The number of anilines is 1. The fourth-order valence-corrected chi connectivity index (χ4v) is 5.11. The van der Waals surface area contributed by atoms with Crippen molar-refractivity contribution in [2.75, 3.05) is 51.2 Å². The third-order valence-corrected chi connectivity index (χ3v) is 7.02. The first kappa shape index (κ1) is 18.8. The molecule has 3 aromatic heterocycles. The molecule has 7 heteroatoms. The molecule has 0 amide bonds. The molecule has 0 radical (unpaired) electrons. The van der Waals surface area contributed by atoms with Gasteiger partial charge in [0.15, 0.2) is 0 Å². The van der Waals surface area contributed by atoms with Gasteiger partial charge in [0.05, 0.1) is 34.8 Å². The number of fused-ring (bicyclic) bond motifs is 2. The molecule has 2 fully saturated rings. The lowest BCUT2D eigenvalue weighted by molar-refractivity contribution is 0.313. The summed E-state index contributed by atoms with van der Waals surface area (Å²) in [6.07, 6.45) is 6.33. The minimum Gasteiger partial charge on any atom is -0.367 e. The number of rotatable bonds is 3. The number of aromatic amines is 2. The van der Waals surface area contributed by atoms with Gasteiger partial charge in [-0.2, -0.15) is 5.10 Å². The van der Waals surface area contributed by atoms with Crippen LogP contribution in [-0.2, 0) is 0 Å². The van der Waals surface area contributed by atoms with Crippen LogP contribution in [0.15, 0.2) is 36.7 Å². The first-order valence-corrected chi connectivity index (χ1v) is 11.4. The van der Waals surface area contributed by atoms with Gasteiger partial charge >= 0.3 is 0 Å². The molecule has 0 atom stereocenters. The maximum absolute atomic E-state index is 4.69. The molecule has 5 heterocycles. The highest BCUT2D eigenvalue weighted by Crippen LogP contribution is 2.35. The monoisotopic (exact) mass is 415 g/mol. The van der Waals surface area contributed by atoms with Gasteiger partial charge in [0.2, 0.25) is 0 Å². The van der Waals surface area contributed by atoms with Crippen molar-refractivity contribution in [3.8, 4) is 11.4 Å². The summed E-state index contributed by atoms with van der Waals surface area (Å²) < 4.78 is 0. The van der Waals surface area contributed by atoms with Crippen molar-refractivity contribution in [3.63, 3.8) is 0 Å². The lowest BCUT2D eigenvalue weighted by Gasteiger charge is -2.34. The number of H-pyrrole nitrogens is 2. The topological polar surface area (TPSA) is 75.9 Å². The normalized spacial score (nSPS) is 18.9. The van der Waals surface area contributed by atoms with Gasteiger partial charge in [-0.25, -0.2) is 0 Å². The zero-order chi connectivity index (χ0) is 20.8. The lowest BCUT2D eigenvalue weighted by atomic mass is 9.89. The Bertz CT molecular complexity index is 1210. The SMILES string of the molecule is CN1CCN(c2cncc3[nH]c(-c4n[nH]c5ccc(C6CCNCC6)cc45)cc23)CC1. The number of piperidine rings is 1. The van der Waals surface area contributed by atoms with Crippen molar-refractivity contribution < 1.29 is 0 Å². The van der Waals surface area contributed by atoms with Gasteiger partial charge in [-0.05, 0) is 62.7 Å². The van der Waals surface area contributed by atoms with E-state index in [1.807, 2.05) is 12.4 Å². The fraction of sp³-hybridized carbons (Fsp3) is 0.417. The fourth-order valence-electron chi connectivity index (χ4n) is 5.11. The molecule has 0 saturated carbocycles. The molecule has 2 saturated heterocycles. The highest BCUT2D eigenvalue weighted by atomic mass is 15.3. The second kappa shape index (κ2) is 7.66. The second-order valence-electron chi connectivity index (χ2n) is 8.99. The van der Waals surface area contributed by atoms with E-state index >= 15 is 0 Å². The maximum Gasteiger partial charge on any atom is 0.116 e. The Kier molecular flexibility index (Phi) is 4.65. The number of nitrogens with one attached hydrogen (secondary N) is 3. The van der Waals surface area contributed by atoms with Crippen LogP contribution in [0.4, 0.5) is 5.69 Å². The van der Waals surface area contributed by atoms with Crippen LogP contribution < -0.4 is 10.2 Å². The molecule has 3 N–H and O–H groups in total. The van der Waals surface area contributed by atoms with Crippen molar-refractivity contribution in [3.05, 3.63) is 42.2 Å². The van der Waals surface area contributed by atoms with Gasteiger partial charge < -0.3 is 20.1 Å². The van der Waals surface area contributed by atoms with Gasteiger partial charge in [0.25, 0.3) is 0 Å². The minimum absolute atomic E-state index is 0.629. The largest absolute Gasteiger partial charge is 0.367 e. The van der Waals surface area contributed by atoms with Crippen molar-refractivity contribution in [1.29, 1.82) is 0 Å². The summed E-state index contributed by atoms with van der Waals surface area (Å²) >= 11 is 0. The molecule has 2 aliphatic rings. The van der Waals surface area contributed by atoms with Gasteiger partial charge in [-0.1, -0.05) is 6.07 Å². The van der Waals surface area contributed by atoms with Crippen LogP contribution in [0.2, 0.25) is 0 Å². The van der Waals surface area contributed by atoms with Crippen molar-refractivity contribution >= 4 is 27.5 Å². The van der Waals surface area contributed by atoms with Gasteiger partial charge in [-0.15, -0.1) is 0 Å². The van der Waals surface area contributed by atoms with Gasteiger partial charge in [-0.3, -0.25) is 10.1 Å². The Hall–Kier alpha value is -2.90. The van der Waals surface area contributed by atoms with Gasteiger partial charge in [0, 0.05) is 37.0 Å². The van der Waals surface area contributed by atoms with Crippen LogP contribution in [0.25, 0.3) is 33.2 Å². The average Bonchev–Trinajstić information content (AvgIpc) is 3.43. The van der Waals surface area contributed by atoms with Crippen molar-refractivity contribution in [1.82, 2.24) is 30.4 Å². The number of hydrogen-bond acceptors (Lipinski definition) is 5. The van der Waals surface area contributed by atoms with Crippen LogP contribution in [0.3, 0.4) is 0 Å². The minimum atomic E-state index is 0.629. The third kappa shape index (κ3) is 3.38. The first-order chi connectivity index (χ1) is 15.3. The number of nitrogens with zero attached hydrogens (tertiary/aromatic N) is 4. The summed E-state index contributed by atoms with van der Waals surface area (Å²) in [5, 5.41) is 13.8. The van der Waals surface area contributed by atoms with Crippen LogP contribution >= 0.6 is 0 Å². The summed E-state index contributed by atoms with van der Waals surface area (Å²) in [6, 6.07) is 9.04. The number of benzene rings is 1. The highest BCUT2D eigenvalue weighted by Gasteiger charge is 2.20. The third-order valence-electron chi connectivity index (χ3n) is 7.02. The Balaban J connectivity index is 1.40. The molecule has 0 unspecified atom stereocenters. The standard InChI is InChI=1S/C24H29N7/c1-30-8-10-31(11-9-30)23-15-26-14-22-18(23)13-21(27-22)24-19-12-17(2-3-20(19)28-29-24)16-4-6-25-7-5-16/h2-3,12-16,25,27H,4-11H2,1H3,(H,28,29). The Morgan fingerprint density at radius 3 is 2.61 bits per heavy atom. The number of hydrogen-bond donors (Lipinski definition) is 3. The zero-order valence-corrected chi connectivity index (χ0v) is 18.0. The molecule has 0 aliphatic carbocycles.